The van der Waals surface area contributed by atoms with E-state index in [0.717, 1.165) is 16.7 Å². The minimum Gasteiger partial charge on any atom is -0.323 e. The predicted molar refractivity (Wildman–Crippen MR) is 76.8 cm³/mol. The molecule has 1 unspecified atom stereocenters. The van der Waals surface area contributed by atoms with Crippen LogP contribution in [0.3, 0.4) is 0 Å². The summed E-state index contributed by atoms with van der Waals surface area (Å²) in [6.45, 7) is 2.05. The van der Waals surface area contributed by atoms with Gasteiger partial charge in [0, 0.05) is 10.9 Å². The van der Waals surface area contributed by atoms with Crippen molar-refractivity contribution in [2.24, 2.45) is 11.7 Å². The van der Waals surface area contributed by atoms with Crippen molar-refractivity contribution in [1.29, 1.82) is 0 Å². The lowest BCUT2D eigenvalue weighted by Gasteiger charge is -2.22. The van der Waals surface area contributed by atoms with E-state index in [4.69, 9.17) is 17.3 Å². The Morgan fingerprint density at radius 3 is 2.71 bits per heavy atom. The number of hydrogen-bond acceptors (Lipinski definition) is 2. The molecule has 2 N–H and O–H groups in total. The van der Waals surface area contributed by atoms with E-state index >= 15 is 0 Å². The highest BCUT2D eigenvalue weighted by atomic mass is 35.5. The van der Waals surface area contributed by atoms with Crippen molar-refractivity contribution in [3.8, 4) is 0 Å². The fourth-order valence-corrected chi connectivity index (χ4v) is 3.95. The van der Waals surface area contributed by atoms with Gasteiger partial charge in [0.15, 0.2) is 0 Å². The molecule has 0 spiro atoms. The Balaban J connectivity index is 1.82. The van der Waals surface area contributed by atoms with E-state index in [2.05, 4.69) is 13.0 Å². The molecule has 3 heteroatoms. The number of thiophene rings is 1. The van der Waals surface area contributed by atoms with Crippen LogP contribution in [0, 0.1) is 12.8 Å². The minimum atomic E-state index is 0.188. The van der Waals surface area contributed by atoms with E-state index in [9.17, 15) is 0 Å². The zero-order chi connectivity index (χ0) is 12.3. The molecular formula is C14H22ClNS. The van der Waals surface area contributed by atoms with E-state index < -0.39 is 0 Å². The molecule has 0 aromatic carbocycles. The maximum atomic E-state index is 6.25. The third-order valence-electron chi connectivity index (χ3n) is 3.85. The van der Waals surface area contributed by atoms with Gasteiger partial charge in [-0.3, -0.25) is 0 Å². The number of halogens is 1. The highest BCUT2D eigenvalue weighted by molar-refractivity contribution is 7.16. The van der Waals surface area contributed by atoms with Crippen molar-refractivity contribution in [2.75, 3.05) is 0 Å². The minimum absolute atomic E-state index is 0.188. The van der Waals surface area contributed by atoms with Gasteiger partial charge in [0.25, 0.3) is 0 Å². The summed E-state index contributed by atoms with van der Waals surface area (Å²) in [5.41, 5.74) is 7.41. The van der Waals surface area contributed by atoms with Crippen molar-refractivity contribution in [3.05, 3.63) is 20.8 Å². The molecule has 0 aliphatic heterocycles. The average Bonchev–Trinajstić information content (AvgIpc) is 2.68. The van der Waals surface area contributed by atoms with Crippen LogP contribution in [0.25, 0.3) is 0 Å². The van der Waals surface area contributed by atoms with Crippen molar-refractivity contribution >= 4 is 22.9 Å². The summed E-state index contributed by atoms with van der Waals surface area (Å²) < 4.78 is 0.896. The molecule has 96 valence electrons. The molecule has 1 aliphatic rings. The van der Waals surface area contributed by atoms with Gasteiger partial charge >= 0.3 is 0 Å². The Bertz CT molecular complexity index is 336. The molecule has 0 radical (unpaired) electrons. The molecule has 1 aromatic rings. The van der Waals surface area contributed by atoms with E-state index in [-0.39, 0.29) is 6.04 Å². The van der Waals surface area contributed by atoms with Gasteiger partial charge in [0.05, 0.1) is 4.34 Å². The molecule has 1 nitrogen and oxygen atoms in total. The Morgan fingerprint density at radius 1 is 1.41 bits per heavy atom. The van der Waals surface area contributed by atoms with Crippen LogP contribution in [0.5, 0.6) is 0 Å². The fourth-order valence-electron chi connectivity index (χ4n) is 2.70. The number of aryl methyl sites for hydroxylation is 1. The van der Waals surface area contributed by atoms with E-state index in [1.165, 1.54) is 49.0 Å². The Kier molecular flexibility index (Phi) is 4.89. The first kappa shape index (κ1) is 13.4. The highest BCUT2D eigenvalue weighted by Crippen LogP contribution is 2.34. The molecule has 2 rings (SSSR count). The van der Waals surface area contributed by atoms with Gasteiger partial charge < -0.3 is 5.73 Å². The predicted octanol–water partition coefficient (Wildman–Crippen LogP) is 5.07. The molecular weight excluding hydrogens is 250 g/mol. The number of nitrogens with two attached hydrogens (primary N) is 1. The van der Waals surface area contributed by atoms with E-state index in [1.54, 1.807) is 11.3 Å². The summed E-state index contributed by atoms with van der Waals surface area (Å²) in [7, 11) is 0. The molecule has 1 aliphatic carbocycles. The summed E-state index contributed by atoms with van der Waals surface area (Å²) in [5.74, 6) is 0.923. The van der Waals surface area contributed by atoms with Crippen molar-refractivity contribution in [1.82, 2.24) is 0 Å². The Labute approximate surface area is 113 Å². The van der Waals surface area contributed by atoms with Gasteiger partial charge in [0.2, 0.25) is 0 Å². The molecule has 1 aromatic heterocycles. The number of rotatable bonds is 4. The molecule has 0 amide bonds. The molecule has 1 heterocycles. The lowest BCUT2D eigenvalue weighted by molar-refractivity contribution is 0.324. The first-order valence-electron chi connectivity index (χ1n) is 6.68. The molecule has 0 bridgehead atoms. The first-order valence-corrected chi connectivity index (χ1v) is 7.87. The van der Waals surface area contributed by atoms with Gasteiger partial charge in [-0.15, -0.1) is 11.3 Å². The SMILES string of the molecule is Cc1cc(C(N)CCC2CCCCC2)sc1Cl. The second-order valence-electron chi connectivity index (χ2n) is 5.29. The standard InChI is InChI=1S/C14H22ClNS/c1-10-9-13(17-14(10)15)12(16)8-7-11-5-3-2-4-6-11/h9,11-12H,2-8,16H2,1H3. The summed E-state index contributed by atoms with van der Waals surface area (Å²) >= 11 is 7.73. The molecule has 1 saturated carbocycles. The Hall–Kier alpha value is -0.0500. The van der Waals surface area contributed by atoms with Gasteiger partial charge in [-0.2, -0.15) is 0 Å². The zero-order valence-electron chi connectivity index (χ0n) is 10.5. The smallest absolute Gasteiger partial charge is 0.0960 e. The third kappa shape index (κ3) is 3.70. The lowest BCUT2D eigenvalue weighted by atomic mass is 9.85. The largest absolute Gasteiger partial charge is 0.323 e. The van der Waals surface area contributed by atoms with Crippen LogP contribution in [-0.4, -0.2) is 0 Å². The molecule has 0 saturated heterocycles. The monoisotopic (exact) mass is 271 g/mol. The second kappa shape index (κ2) is 6.21. The van der Waals surface area contributed by atoms with Gasteiger partial charge in [-0.05, 0) is 37.3 Å². The maximum Gasteiger partial charge on any atom is 0.0960 e. The third-order valence-corrected chi connectivity index (χ3v) is 5.54. The van der Waals surface area contributed by atoms with Crippen LogP contribution in [0.4, 0.5) is 0 Å². The lowest BCUT2D eigenvalue weighted by Crippen LogP contribution is -2.13. The van der Waals surface area contributed by atoms with Crippen molar-refractivity contribution in [3.63, 3.8) is 0 Å². The van der Waals surface area contributed by atoms with E-state index in [1.807, 2.05) is 0 Å². The summed E-state index contributed by atoms with van der Waals surface area (Å²) in [5, 5.41) is 0. The summed E-state index contributed by atoms with van der Waals surface area (Å²) in [6, 6.07) is 2.34. The van der Waals surface area contributed by atoms with Crippen LogP contribution in [0.15, 0.2) is 6.07 Å². The number of hydrogen-bond donors (Lipinski definition) is 1. The molecule has 17 heavy (non-hydrogen) atoms. The zero-order valence-corrected chi connectivity index (χ0v) is 12.1. The topological polar surface area (TPSA) is 26.0 Å². The maximum absolute atomic E-state index is 6.25. The first-order chi connectivity index (χ1) is 8.16. The summed E-state index contributed by atoms with van der Waals surface area (Å²) in [4.78, 5) is 1.25. The van der Waals surface area contributed by atoms with Crippen LogP contribution in [0.1, 0.15) is 61.4 Å². The molecule has 1 atom stereocenters. The quantitative estimate of drug-likeness (QED) is 0.813. The van der Waals surface area contributed by atoms with Crippen molar-refractivity contribution in [2.45, 2.75) is 57.9 Å². The average molecular weight is 272 g/mol. The summed E-state index contributed by atoms with van der Waals surface area (Å²) in [6.07, 6.45) is 9.50. The van der Waals surface area contributed by atoms with Crippen molar-refractivity contribution < 1.29 is 0 Å². The Morgan fingerprint density at radius 2 is 2.12 bits per heavy atom. The second-order valence-corrected chi connectivity index (χ2v) is 6.98. The fraction of sp³-hybridized carbons (Fsp3) is 0.714. The van der Waals surface area contributed by atoms with Crippen LogP contribution < -0.4 is 5.73 Å². The van der Waals surface area contributed by atoms with Gasteiger partial charge in [-0.25, -0.2) is 0 Å². The van der Waals surface area contributed by atoms with Gasteiger partial charge in [0.1, 0.15) is 0 Å². The normalized spacial score (nSPS) is 19.5. The van der Waals surface area contributed by atoms with Crippen LogP contribution >= 0.6 is 22.9 Å². The van der Waals surface area contributed by atoms with Gasteiger partial charge in [-0.1, -0.05) is 43.7 Å². The van der Waals surface area contributed by atoms with E-state index in [0.29, 0.717) is 0 Å². The molecule has 1 fully saturated rings. The highest BCUT2D eigenvalue weighted by Gasteiger charge is 2.16. The van der Waals surface area contributed by atoms with Crippen LogP contribution in [-0.2, 0) is 0 Å². The van der Waals surface area contributed by atoms with Crippen LogP contribution in [0.2, 0.25) is 4.34 Å².